The SMILES string of the molecule is CC(=O)c1cccc(N2CC(C(=O)Nc3ccc4c(c3)OCCO4)CC2=O)c1. The molecule has 0 saturated carbocycles. The van der Waals surface area contributed by atoms with E-state index in [1.54, 1.807) is 47.4 Å². The number of fused-ring (bicyclic) bond motifs is 1. The summed E-state index contributed by atoms with van der Waals surface area (Å²) in [6, 6.07) is 12.1. The van der Waals surface area contributed by atoms with Gasteiger partial charge in [0.2, 0.25) is 11.8 Å². The third kappa shape index (κ3) is 3.55. The monoisotopic (exact) mass is 380 g/mol. The zero-order valence-corrected chi connectivity index (χ0v) is 15.4. The Morgan fingerprint density at radius 3 is 2.64 bits per heavy atom. The number of ketones is 1. The maximum atomic E-state index is 12.7. The number of nitrogens with one attached hydrogen (secondary N) is 1. The van der Waals surface area contributed by atoms with Crippen molar-refractivity contribution in [2.45, 2.75) is 13.3 Å². The van der Waals surface area contributed by atoms with Crippen LogP contribution in [-0.2, 0) is 9.59 Å². The molecule has 0 aromatic heterocycles. The van der Waals surface area contributed by atoms with Crippen LogP contribution >= 0.6 is 0 Å². The quantitative estimate of drug-likeness (QED) is 0.825. The van der Waals surface area contributed by atoms with Gasteiger partial charge in [0, 0.05) is 36.0 Å². The van der Waals surface area contributed by atoms with Crippen LogP contribution in [0, 0.1) is 5.92 Å². The molecule has 0 spiro atoms. The minimum absolute atomic E-state index is 0.0682. The number of ether oxygens (including phenoxy) is 2. The van der Waals surface area contributed by atoms with Crippen molar-refractivity contribution >= 4 is 29.0 Å². The van der Waals surface area contributed by atoms with Gasteiger partial charge in [-0.05, 0) is 31.2 Å². The Hall–Kier alpha value is -3.35. The number of Topliss-reactive ketones (excluding diaryl/α,β-unsaturated/α-hetero) is 1. The number of hydrogen-bond acceptors (Lipinski definition) is 5. The normalized spacial score (nSPS) is 18.1. The molecular weight excluding hydrogens is 360 g/mol. The summed E-state index contributed by atoms with van der Waals surface area (Å²) in [5.74, 6) is 0.340. The fourth-order valence-electron chi connectivity index (χ4n) is 3.39. The van der Waals surface area contributed by atoms with Crippen LogP contribution in [0.5, 0.6) is 11.5 Å². The molecule has 2 aromatic carbocycles. The van der Waals surface area contributed by atoms with E-state index in [2.05, 4.69) is 5.32 Å². The Morgan fingerprint density at radius 2 is 1.86 bits per heavy atom. The Bertz CT molecular complexity index is 956. The van der Waals surface area contributed by atoms with Gasteiger partial charge in [0.1, 0.15) is 13.2 Å². The fourth-order valence-corrected chi connectivity index (χ4v) is 3.39. The first-order valence-corrected chi connectivity index (χ1v) is 9.13. The molecule has 7 heteroatoms. The molecule has 0 radical (unpaired) electrons. The van der Waals surface area contributed by atoms with Crippen LogP contribution in [0.15, 0.2) is 42.5 Å². The summed E-state index contributed by atoms with van der Waals surface area (Å²) in [6.07, 6.45) is 0.126. The number of hydrogen-bond donors (Lipinski definition) is 1. The predicted molar refractivity (Wildman–Crippen MR) is 103 cm³/mol. The number of carbonyl (C=O) groups is 3. The van der Waals surface area contributed by atoms with Crippen molar-refractivity contribution < 1.29 is 23.9 Å². The Labute approximate surface area is 162 Å². The lowest BCUT2D eigenvalue weighted by Gasteiger charge is -2.19. The Morgan fingerprint density at radius 1 is 1.07 bits per heavy atom. The van der Waals surface area contributed by atoms with Gasteiger partial charge in [-0.1, -0.05) is 12.1 Å². The zero-order chi connectivity index (χ0) is 19.7. The summed E-state index contributed by atoms with van der Waals surface area (Å²) in [5.41, 5.74) is 1.76. The lowest BCUT2D eigenvalue weighted by atomic mass is 10.1. The summed E-state index contributed by atoms with van der Waals surface area (Å²) < 4.78 is 11.0. The standard InChI is InChI=1S/C21H20N2O5/c1-13(24)14-3-2-4-17(9-14)23-12-15(10-20(23)25)21(26)22-16-5-6-18-19(11-16)28-8-7-27-18/h2-6,9,11,15H,7-8,10,12H2,1H3,(H,22,26). The first kappa shape index (κ1) is 18.0. The van der Waals surface area contributed by atoms with Crippen LogP contribution in [-0.4, -0.2) is 37.4 Å². The van der Waals surface area contributed by atoms with Crippen LogP contribution in [0.1, 0.15) is 23.7 Å². The molecule has 2 heterocycles. The number of nitrogens with zero attached hydrogens (tertiary/aromatic N) is 1. The van der Waals surface area contributed by atoms with Crippen molar-refractivity contribution in [1.29, 1.82) is 0 Å². The molecule has 0 aliphatic carbocycles. The van der Waals surface area contributed by atoms with Crippen molar-refractivity contribution in [1.82, 2.24) is 0 Å². The molecular formula is C21H20N2O5. The first-order valence-electron chi connectivity index (χ1n) is 9.13. The second kappa shape index (κ2) is 7.34. The van der Waals surface area contributed by atoms with E-state index in [4.69, 9.17) is 9.47 Å². The molecule has 28 heavy (non-hydrogen) atoms. The molecule has 0 bridgehead atoms. The van der Waals surface area contributed by atoms with Gasteiger partial charge in [0.15, 0.2) is 17.3 Å². The lowest BCUT2D eigenvalue weighted by Crippen LogP contribution is -2.28. The van der Waals surface area contributed by atoms with Crippen LogP contribution in [0.3, 0.4) is 0 Å². The minimum atomic E-state index is -0.471. The molecule has 4 rings (SSSR count). The van der Waals surface area contributed by atoms with Crippen molar-refractivity contribution in [2.75, 3.05) is 30.0 Å². The zero-order valence-electron chi connectivity index (χ0n) is 15.4. The van der Waals surface area contributed by atoms with Gasteiger partial charge < -0.3 is 19.7 Å². The van der Waals surface area contributed by atoms with Crippen molar-refractivity contribution in [3.8, 4) is 11.5 Å². The van der Waals surface area contributed by atoms with E-state index in [-0.39, 0.29) is 30.6 Å². The summed E-state index contributed by atoms with van der Waals surface area (Å²) in [6.45, 7) is 2.73. The van der Waals surface area contributed by atoms with Gasteiger partial charge in [-0.15, -0.1) is 0 Å². The van der Waals surface area contributed by atoms with E-state index in [9.17, 15) is 14.4 Å². The molecule has 1 fully saturated rings. The number of amides is 2. The van der Waals surface area contributed by atoms with Crippen LogP contribution < -0.4 is 19.7 Å². The average molecular weight is 380 g/mol. The van der Waals surface area contributed by atoms with E-state index in [1.165, 1.54) is 6.92 Å². The van der Waals surface area contributed by atoms with Gasteiger partial charge in [-0.2, -0.15) is 0 Å². The van der Waals surface area contributed by atoms with Crippen LogP contribution in [0.4, 0.5) is 11.4 Å². The van der Waals surface area contributed by atoms with Gasteiger partial charge in [0.05, 0.1) is 5.92 Å². The lowest BCUT2D eigenvalue weighted by molar-refractivity contribution is -0.122. The minimum Gasteiger partial charge on any atom is -0.486 e. The number of anilines is 2. The molecule has 2 aliphatic rings. The highest BCUT2D eigenvalue weighted by atomic mass is 16.6. The third-order valence-corrected chi connectivity index (χ3v) is 4.87. The summed E-state index contributed by atoms with van der Waals surface area (Å²) >= 11 is 0. The van der Waals surface area contributed by atoms with Gasteiger partial charge in [-0.25, -0.2) is 0 Å². The largest absolute Gasteiger partial charge is 0.486 e. The van der Waals surface area contributed by atoms with Crippen molar-refractivity contribution in [2.24, 2.45) is 5.92 Å². The van der Waals surface area contributed by atoms with E-state index >= 15 is 0 Å². The highest BCUT2D eigenvalue weighted by Crippen LogP contribution is 2.33. The van der Waals surface area contributed by atoms with Crippen molar-refractivity contribution in [3.05, 3.63) is 48.0 Å². The average Bonchev–Trinajstić information content (AvgIpc) is 3.10. The topological polar surface area (TPSA) is 84.9 Å². The molecule has 2 amide bonds. The molecule has 1 saturated heterocycles. The first-order chi connectivity index (χ1) is 13.5. The molecule has 1 unspecified atom stereocenters. The molecule has 144 valence electrons. The van der Waals surface area contributed by atoms with Gasteiger partial charge >= 0.3 is 0 Å². The smallest absolute Gasteiger partial charge is 0.229 e. The third-order valence-electron chi connectivity index (χ3n) is 4.87. The summed E-state index contributed by atoms with van der Waals surface area (Å²) in [4.78, 5) is 38.2. The highest BCUT2D eigenvalue weighted by Gasteiger charge is 2.35. The van der Waals surface area contributed by atoms with Crippen LogP contribution in [0.2, 0.25) is 0 Å². The van der Waals surface area contributed by atoms with Gasteiger partial charge in [-0.3, -0.25) is 14.4 Å². The highest BCUT2D eigenvalue weighted by molar-refractivity contribution is 6.04. The van der Waals surface area contributed by atoms with E-state index < -0.39 is 5.92 Å². The second-order valence-electron chi connectivity index (χ2n) is 6.86. The number of benzene rings is 2. The Balaban J connectivity index is 1.45. The summed E-state index contributed by atoms with van der Waals surface area (Å²) in [7, 11) is 0. The van der Waals surface area contributed by atoms with E-state index in [0.717, 1.165) is 0 Å². The van der Waals surface area contributed by atoms with E-state index in [1.807, 2.05) is 0 Å². The molecule has 1 N–H and O–H groups in total. The van der Waals surface area contributed by atoms with E-state index in [0.29, 0.717) is 41.7 Å². The van der Waals surface area contributed by atoms with Crippen LogP contribution in [0.25, 0.3) is 0 Å². The maximum Gasteiger partial charge on any atom is 0.229 e. The maximum absolute atomic E-state index is 12.7. The number of rotatable bonds is 4. The second-order valence-corrected chi connectivity index (χ2v) is 6.86. The molecule has 1 atom stereocenters. The number of carbonyl (C=O) groups excluding carboxylic acids is 3. The molecule has 2 aromatic rings. The Kier molecular flexibility index (Phi) is 4.73. The molecule has 7 nitrogen and oxygen atoms in total. The summed E-state index contributed by atoms with van der Waals surface area (Å²) in [5, 5.41) is 2.85. The van der Waals surface area contributed by atoms with Crippen molar-refractivity contribution in [3.63, 3.8) is 0 Å². The van der Waals surface area contributed by atoms with Gasteiger partial charge in [0.25, 0.3) is 0 Å². The fraction of sp³-hybridized carbons (Fsp3) is 0.286. The molecule has 2 aliphatic heterocycles. The predicted octanol–water partition coefficient (Wildman–Crippen LogP) is 2.65.